The minimum atomic E-state index is -0.0901. The molecule has 26 heavy (non-hydrogen) atoms. The van der Waals surface area contributed by atoms with E-state index in [2.05, 4.69) is 0 Å². The molecule has 0 heterocycles. The van der Waals surface area contributed by atoms with E-state index in [1.165, 1.54) is 0 Å². The van der Waals surface area contributed by atoms with Gasteiger partial charge >= 0.3 is 0 Å². The Labute approximate surface area is 153 Å². The first kappa shape index (κ1) is 17.3. The summed E-state index contributed by atoms with van der Waals surface area (Å²) in [4.78, 5) is 24.4. The van der Waals surface area contributed by atoms with E-state index in [1.807, 2.05) is 60.7 Å². The number of carbonyl (C=O) groups excluding carboxylic acids is 2. The van der Waals surface area contributed by atoms with Crippen molar-refractivity contribution in [3.63, 3.8) is 0 Å². The number of carbonyl (C=O) groups is 2. The highest BCUT2D eigenvalue weighted by Gasteiger charge is 2.05. The van der Waals surface area contributed by atoms with Crippen LogP contribution in [0.25, 0.3) is 12.2 Å². The molecule has 0 unspecified atom stereocenters. The van der Waals surface area contributed by atoms with Gasteiger partial charge in [0, 0.05) is 11.1 Å². The van der Waals surface area contributed by atoms with Crippen molar-refractivity contribution in [2.45, 2.75) is 0 Å². The van der Waals surface area contributed by atoms with Crippen LogP contribution < -0.4 is 0 Å². The third-order valence-electron chi connectivity index (χ3n) is 3.91. The maximum Gasteiger partial charge on any atom is 0.185 e. The highest BCUT2D eigenvalue weighted by Crippen LogP contribution is 2.10. The van der Waals surface area contributed by atoms with Gasteiger partial charge in [-0.1, -0.05) is 97.1 Å². The molecule has 0 saturated carbocycles. The number of benzene rings is 3. The second-order valence-electron chi connectivity index (χ2n) is 5.79. The van der Waals surface area contributed by atoms with Crippen LogP contribution in [0, 0.1) is 0 Å². The van der Waals surface area contributed by atoms with Gasteiger partial charge in [-0.05, 0) is 23.3 Å². The predicted octanol–water partition coefficient (Wildman–Crippen LogP) is 5.48. The van der Waals surface area contributed by atoms with Gasteiger partial charge in [-0.3, -0.25) is 9.59 Å². The van der Waals surface area contributed by atoms with Gasteiger partial charge in [-0.15, -0.1) is 0 Å². The van der Waals surface area contributed by atoms with Crippen LogP contribution in [-0.2, 0) is 0 Å². The lowest BCUT2D eigenvalue weighted by Crippen LogP contribution is -1.98. The summed E-state index contributed by atoms with van der Waals surface area (Å²) >= 11 is 0. The predicted molar refractivity (Wildman–Crippen MR) is 106 cm³/mol. The Bertz CT molecular complexity index is 854. The van der Waals surface area contributed by atoms with Crippen molar-refractivity contribution in [1.29, 1.82) is 0 Å². The van der Waals surface area contributed by atoms with E-state index in [9.17, 15) is 9.59 Å². The second kappa shape index (κ2) is 8.54. The zero-order valence-corrected chi connectivity index (χ0v) is 14.2. The van der Waals surface area contributed by atoms with Gasteiger partial charge in [0.15, 0.2) is 11.6 Å². The molecular weight excluding hydrogens is 320 g/mol. The van der Waals surface area contributed by atoms with Crippen LogP contribution in [0.5, 0.6) is 0 Å². The van der Waals surface area contributed by atoms with E-state index in [1.54, 1.807) is 48.6 Å². The first-order chi connectivity index (χ1) is 12.7. The number of hydrogen-bond donors (Lipinski definition) is 0. The molecule has 0 atom stereocenters. The SMILES string of the molecule is O=C(C=Cc1ccccc1)c1ccc(C(=O)/C=C\c2ccccc2)cc1. The normalized spacial score (nSPS) is 11.1. The van der Waals surface area contributed by atoms with Crippen molar-refractivity contribution in [3.05, 3.63) is 119 Å². The van der Waals surface area contributed by atoms with Crippen molar-refractivity contribution >= 4 is 23.7 Å². The summed E-state index contributed by atoms with van der Waals surface area (Å²) in [7, 11) is 0. The minimum absolute atomic E-state index is 0.0901. The maximum atomic E-state index is 12.2. The van der Waals surface area contributed by atoms with E-state index in [4.69, 9.17) is 0 Å². The lowest BCUT2D eigenvalue weighted by Gasteiger charge is -1.99. The smallest absolute Gasteiger partial charge is 0.185 e. The Kier molecular flexibility index (Phi) is 5.69. The molecule has 0 saturated heterocycles. The molecule has 0 bridgehead atoms. The first-order valence-corrected chi connectivity index (χ1v) is 8.37. The highest BCUT2D eigenvalue weighted by atomic mass is 16.1. The standard InChI is InChI=1S/C24H18O2/c25-23(17-11-19-7-3-1-4-8-19)21-13-15-22(16-14-21)24(26)18-12-20-9-5-2-6-10-20/h1-18H/b17-11-,18-12?. The molecule has 3 rings (SSSR count). The van der Waals surface area contributed by atoms with Gasteiger partial charge < -0.3 is 0 Å². The summed E-state index contributed by atoms with van der Waals surface area (Å²) < 4.78 is 0. The summed E-state index contributed by atoms with van der Waals surface area (Å²) in [6.07, 6.45) is 6.65. The molecule has 126 valence electrons. The van der Waals surface area contributed by atoms with Crippen molar-refractivity contribution in [2.24, 2.45) is 0 Å². The molecule has 0 aliphatic rings. The topological polar surface area (TPSA) is 34.1 Å². The molecule has 3 aromatic carbocycles. The van der Waals surface area contributed by atoms with Gasteiger partial charge in [-0.2, -0.15) is 0 Å². The molecule has 0 fully saturated rings. The lowest BCUT2D eigenvalue weighted by atomic mass is 10.0. The average molecular weight is 338 g/mol. The van der Waals surface area contributed by atoms with Gasteiger partial charge in [-0.25, -0.2) is 0 Å². The van der Waals surface area contributed by atoms with Gasteiger partial charge in [0.2, 0.25) is 0 Å². The fraction of sp³-hybridized carbons (Fsp3) is 0. The molecule has 0 aliphatic carbocycles. The number of ketones is 2. The molecule has 0 aromatic heterocycles. The Hall–Kier alpha value is -3.52. The quantitative estimate of drug-likeness (QED) is 0.440. The van der Waals surface area contributed by atoms with E-state index in [-0.39, 0.29) is 11.6 Å². The minimum Gasteiger partial charge on any atom is -0.289 e. The van der Waals surface area contributed by atoms with Crippen molar-refractivity contribution in [3.8, 4) is 0 Å². The molecule has 3 aromatic rings. The van der Waals surface area contributed by atoms with Crippen LogP contribution in [0.2, 0.25) is 0 Å². The Morgan fingerprint density at radius 3 is 1.19 bits per heavy atom. The van der Waals surface area contributed by atoms with Gasteiger partial charge in [0.1, 0.15) is 0 Å². The fourth-order valence-corrected chi connectivity index (χ4v) is 2.46. The average Bonchev–Trinajstić information content (AvgIpc) is 2.72. The number of rotatable bonds is 6. The zero-order chi connectivity index (χ0) is 18.2. The molecule has 0 radical (unpaired) electrons. The summed E-state index contributed by atoms with van der Waals surface area (Å²) in [5.41, 5.74) is 3.05. The summed E-state index contributed by atoms with van der Waals surface area (Å²) in [6, 6.07) is 26.0. The lowest BCUT2D eigenvalue weighted by molar-refractivity contribution is 0.103. The highest BCUT2D eigenvalue weighted by molar-refractivity contribution is 6.09. The van der Waals surface area contributed by atoms with Crippen LogP contribution in [0.4, 0.5) is 0 Å². The monoisotopic (exact) mass is 338 g/mol. The number of allylic oxidation sites excluding steroid dienone is 2. The van der Waals surface area contributed by atoms with Crippen LogP contribution in [-0.4, -0.2) is 11.6 Å². The third kappa shape index (κ3) is 4.74. The molecule has 2 heteroatoms. The molecule has 2 nitrogen and oxygen atoms in total. The molecule has 0 aliphatic heterocycles. The van der Waals surface area contributed by atoms with E-state index in [0.717, 1.165) is 11.1 Å². The largest absolute Gasteiger partial charge is 0.289 e. The number of hydrogen-bond acceptors (Lipinski definition) is 2. The Balaban J connectivity index is 1.66. The molecule has 0 N–H and O–H groups in total. The van der Waals surface area contributed by atoms with Crippen LogP contribution >= 0.6 is 0 Å². The van der Waals surface area contributed by atoms with Crippen LogP contribution in [0.1, 0.15) is 31.8 Å². The Morgan fingerprint density at radius 2 is 0.846 bits per heavy atom. The van der Waals surface area contributed by atoms with Crippen LogP contribution in [0.15, 0.2) is 97.1 Å². The summed E-state index contributed by atoms with van der Waals surface area (Å²) in [6.45, 7) is 0. The summed E-state index contributed by atoms with van der Waals surface area (Å²) in [5.74, 6) is -0.180. The summed E-state index contributed by atoms with van der Waals surface area (Å²) in [5, 5.41) is 0. The van der Waals surface area contributed by atoms with Gasteiger partial charge in [0.05, 0.1) is 0 Å². The van der Waals surface area contributed by atoms with E-state index >= 15 is 0 Å². The zero-order valence-electron chi connectivity index (χ0n) is 14.2. The molecule has 0 spiro atoms. The van der Waals surface area contributed by atoms with E-state index < -0.39 is 0 Å². The third-order valence-corrected chi connectivity index (χ3v) is 3.91. The van der Waals surface area contributed by atoms with Gasteiger partial charge in [0.25, 0.3) is 0 Å². The fourth-order valence-electron chi connectivity index (χ4n) is 2.46. The Morgan fingerprint density at radius 1 is 0.500 bits per heavy atom. The second-order valence-corrected chi connectivity index (χ2v) is 5.79. The maximum absolute atomic E-state index is 12.2. The van der Waals surface area contributed by atoms with Crippen molar-refractivity contribution in [1.82, 2.24) is 0 Å². The van der Waals surface area contributed by atoms with Crippen molar-refractivity contribution in [2.75, 3.05) is 0 Å². The molecular formula is C24H18O2. The van der Waals surface area contributed by atoms with E-state index in [0.29, 0.717) is 11.1 Å². The first-order valence-electron chi connectivity index (χ1n) is 8.37. The molecule has 0 amide bonds. The van der Waals surface area contributed by atoms with Crippen molar-refractivity contribution < 1.29 is 9.59 Å². The van der Waals surface area contributed by atoms with Crippen LogP contribution in [0.3, 0.4) is 0 Å².